The molecule has 0 saturated carbocycles. The zero-order valence-electron chi connectivity index (χ0n) is 9.38. The second kappa shape index (κ2) is 5.32. The van der Waals surface area contributed by atoms with Gasteiger partial charge in [-0.15, -0.1) is 11.3 Å². The van der Waals surface area contributed by atoms with Crippen molar-refractivity contribution in [2.75, 3.05) is 6.54 Å². The predicted octanol–water partition coefficient (Wildman–Crippen LogP) is 3.14. The van der Waals surface area contributed by atoms with E-state index in [1.807, 2.05) is 6.92 Å². The number of alkyl halides is 1. The van der Waals surface area contributed by atoms with Crippen molar-refractivity contribution in [2.45, 2.75) is 37.4 Å². The van der Waals surface area contributed by atoms with E-state index in [4.69, 9.17) is 0 Å². The fourth-order valence-electron chi connectivity index (χ4n) is 1.92. The number of rotatable bonds is 3. The third-order valence-corrected chi connectivity index (χ3v) is 4.32. The summed E-state index contributed by atoms with van der Waals surface area (Å²) >= 11 is 5.09. The zero-order valence-corrected chi connectivity index (χ0v) is 11.8. The maximum absolute atomic E-state index is 11.8. The summed E-state index contributed by atoms with van der Waals surface area (Å²) in [4.78, 5) is 14.5. The molecule has 1 aliphatic carbocycles. The Morgan fingerprint density at radius 3 is 3.00 bits per heavy atom. The molecule has 1 aromatic rings. The number of carbonyl (C=O) groups is 1. The van der Waals surface area contributed by atoms with Crippen LogP contribution in [0.4, 0.5) is 0 Å². The van der Waals surface area contributed by atoms with Crippen molar-refractivity contribution < 1.29 is 4.79 Å². The smallest absolute Gasteiger partial charge is 0.261 e. The monoisotopic (exact) mass is 301 g/mol. The number of fused-ring (bicyclic) bond motifs is 1. The Balaban J connectivity index is 2.03. The van der Waals surface area contributed by atoms with Gasteiger partial charge in [-0.2, -0.15) is 0 Å². The van der Waals surface area contributed by atoms with Crippen molar-refractivity contribution in [3.63, 3.8) is 0 Å². The Labute approximate surface area is 109 Å². The molecule has 2 nitrogen and oxygen atoms in total. The van der Waals surface area contributed by atoms with Gasteiger partial charge < -0.3 is 5.32 Å². The summed E-state index contributed by atoms with van der Waals surface area (Å²) in [6.07, 6.45) is 4.84. The van der Waals surface area contributed by atoms with Gasteiger partial charge in [0.2, 0.25) is 0 Å². The summed E-state index contributed by atoms with van der Waals surface area (Å²) in [6, 6.07) is 2.08. The van der Waals surface area contributed by atoms with Crippen molar-refractivity contribution in [3.8, 4) is 0 Å². The predicted molar refractivity (Wildman–Crippen MR) is 71.7 cm³/mol. The minimum Gasteiger partial charge on any atom is -0.350 e. The van der Waals surface area contributed by atoms with Crippen LogP contribution in [0.5, 0.6) is 0 Å². The number of carbonyl (C=O) groups excluding carboxylic acids is 1. The lowest BCUT2D eigenvalue weighted by molar-refractivity contribution is 0.0958. The first kappa shape index (κ1) is 12.1. The Kier molecular flexibility index (Phi) is 4.03. The molecule has 4 heteroatoms. The number of aryl methyl sites for hydroxylation is 2. The van der Waals surface area contributed by atoms with E-state index in [0.29, 0.717) is 11.4 Å². The third kappa shape index (κ3) is 2.86. The lowest BCUT2D eigenvalue weighted by Gasteiger charge is -2.08. The Morgan fingerprint density at radius 2 is 2.31 bits per heavy atom. The van der Waals surface area contributed by atoms with Gasteiger partial charge in [0.05, 0.1) is 4.88 Å². The van der Waals surface area contributed by atoms with Crippen molar-refractivity contribution in [1.82, 2.24) is 5.32 Å². The summed E-state index contributed by atoms with van der Waals surface area (Å²) in [7, 11) is 0. The number of nitrogens with one attached hydrogen (secondary N) is 1. The lowest BCUT2D eigenvalue weighted by atomic mass is 9.99. The van der Waals surface area contributed by atoms with E-state index >= 15 is 0 Å². The summed E-state index contributed by atoms with van der Waals surface area (Å²) in [6.45, 7) is 2.71. The van der Waals surface area contributed by atoms with Crippen molar-refractivity contribution in [1.29, 1.82) is 0 Å². The van der Waals surface area contributed by atoms with E-state index in [9.17, 15) is 4.79 Å². The van der Waals surface area contributed by atoms with E-state index in [0.717, 1.165) is 17.7 Å². The van der Waals surface area contributed by atoms with Gasteiger partial charge in [-0.3, -0.25) is 4.79 Å². The van der Waals surface area contributed by atoms with Gasteiger partial charge in [0.25, 0.3) is 5.91 Å². The first-order valence-electron chi connectivity index (χ1n) is 5.70. The minimum atomic E-state index is 0.0747. The average molecular weight is 302 g/mol. The van der Waals surface area contributed by atoms with E-state index in [-0.39, 0.29) is 5.91 Å². The van der Waals surface area contributed by atoms with Crippen LogP contribution in [-0.2, 0) is 12.8 Å². The number of hydrogen-bond acceptors (Lipinski definition) is 2. The van der Waals surface area contributed by atoms with Gasteiger partial charge in [-0.1, -0.05) is 22.9 Å². The van der Waals surface area contributed by atoms with Crippen LogP contribution in [0.2, 0.25) is 0 Å². The summed E-state index contributed by atoms with van der Waals surface area (Å²) < 4.78 is 0. The maximum atomic E-state index is 11.8. The molecule has 2 rings (SSSR count). The summed E-state index contributed by atoms with van der Waals surface area (Å²) in [5.74, 6) is 0.0747. The Hall–Kier alpha value is -0.350. The van der Waals surface area contributed by atoms with E-state index in [1.54, 1.807) is 11.3 Å². The standard InChI is InChI=1S/C12H16BrNOS/c1-8(13)7-14-12(15)11-6-9-4-2-3-5-10(9)16-11/h6,8H,2-5,7H2,1H3,(H,14,15). The van der Waals surface area contributed by atoms with E-state index in [1.165, 1.54) is 23.3 Å². The number of thiophene rings is 1. The highest BCUT2D eigenvalue weighted by Crippen LogP contribution is 2.29. The quantitative estimate of drug-likeness (QED) is 0.854. The molecule has 16 heavy (non-hydrogen) atoms. The third-order valence-electron chi connectivity index (χ3n) is 2.76. The summed E-state index contributed by atoms with van der Waals surface area (Å²) in [5.41, 5.74) is 1.40. The van der Waals surface area contributed by atoms with Crippen LogP contribution in [0.15, 0.2) is 6.07 Å². The molecular weight excluding hydrogens is 286 g/mol. The normalized spacial score (nSPS) is 16.6. The molecule has 1 aromatic heterocycles. The molecular formula is C12H16BrNOS. The van der Waals surface area contributed by atoms with Crippen molar-refractivity contribution in [3.05, 3.63) is 21.4 Å². The molecule has 0 fully saturated rings. The second-order valence-electron chi connectivity index (χ2n) is 4.26. The highest BCUT2D eigenvalue weighted by Gasteiger charge is 2.17. The molecule has 1 aliphatic rings. The Morgan fingerprint density at radius 1 is 1.56 bits per heavy atom. The van der Waals surface area contributed by atoms with Crippen LogP contribution in [0.1, 0.15) is 39.9 Å². The van der Waals surface area contributed by atoms with Gasteiger partial charge in [-0.25, -0.2) is 0 Å². The zero-order chi connectivity index (χ0) is 11.5. The molecule has 1 amide bonds. The maximum Gasteiger partial charge on any atom is 0.261 e. The molecule has 1 atom stereocenters. The fraction of sp³-hybridized carbons (Fsp3) is 0.583. The van der Waals surface area contributed by atoms with Crippen LogP contribution >= 0.6 is 27.3 Å². The van der Waals surface area contributed by atoms with Crippen LogP contribution in [0.25, 0.3) is 0 Å². The van der Waals surface area contributed by atoms with Gasteiger partial charge in [0.15, 0.2) is 0 Å². The molecule has 0 aromatic carbocycles. The topological polar surface area (TPSA) is 29.1 Å². The molecule has 0 aliphatic heterocycles. The molecule has 0 saturated heterocycles. The van der Waals surface area contributed by atoms with Crippen molar-refractivity contribution >= 4 is 33.2 Å². The van der Waals surface area contributed by atoms with Gasteiger partial charge in [0.1, 0.15) is 0 Å². The SMILES string of the molecule is CC(Br)CNC(=O)c1cc2c(s1)CCCC2. The molecule has 0 bridgehead atoms. The number of hydrogen-bond donors (Lipinski definition) is 1. The lowest BCUT2D eigenvalue weighted by Crippen LogP contribution is -2.27. The average Bonchev–Trinajstić information content (AvgIpc) is 2.69. The van der Waals surface area contributed by atoms with Crippen molar-refractivity contribution in [2.24, 2.45) is 0 Å². The fourth-order valence-corrected chi connectivity index (χ4v) is 3.25. The molecule has 0 spiro atoms. The Bertz CT molecular complexity index is 363. The highest BCUT2D eigenvalue weighted by atomic mass is 79.9. The van der Waals surface area contributed by atoms with Crippen LogP contribution in [0, 0.1) is 0 Å². The number of amides is 1. The van der Waals surface area contributed by atoms with Crippen LogP contribution < -0.4 is 5.32 Å². The van der Waals surface area contributed by atoms with Crippen LogP contribution in [-0.4, -0.2) is 17.3 Å². The first-order chi connectivity index (χ1) is 7.66. The van der Waals surface area contributed by atoms with Gasteiger partial charge >= 0.3 is 0 Å². The molecule has 1 unspecified atom stereocenters. The number of halogens is 1. The highest BCUT2D eigenvalue weighted by molar-refractivity contribution is 9.09. The minimum absolute atomic E-state index is 0.0747. The summed E-state index contributed by atoms with van der Waals surface area (Å²) in [5, 5.41) is 2.93. The largest absolute Gasteiger partial charge is 0.350 e. The van der Waals surface area contributed by atoms with E-state index in [2.05, 4.69) is 27.3 Å². The van der Waals surface area contributed by atoms with Crippen LogP contribution in [0.3, 0.4) is 0 Å². The van der Waals surface area contributed by atoms with Gasteiger partial charge in [-0.05, 0) is 37.3 Å². The molecule has 1 heterocycles. The van der Waals surface area contributed by atoms with Gasteiger partial charge in [0, 0.05) is 16.2 Å². The molecule has 88 valence electrons. The second-order valence-corrected chi connectivity index (χ2v) is 6.96. The molecule has 1 N–H and O–H groups in total. The van der Waals surface area contributed by atoms with E-state index < -0.39 is 0 Å². The molecule has 0 radical (unpaired) electrons. The first-order valence-corrected chi connectivity index (χ1v) is 7.44.